The Morgan fingerprint density at radius 2 is 1.95 bits per heavy atom. The highest BCUT2D eigenvalue weighted by Crippen LogP contribution is 2.21. The zero-order chi connectivity index (χ0) is 14.7. The Labute approximate surface area is 117 Å². The molecule has 0 saturated heterocycles. The summed E-state index contributed by atoms with van der Waals surface area (Å²) in [5.74, 6) is -0.695. The smallest absolute Gasteiger partial charge is 0.242 e. The standard InChI is InChI=1S/C10H14ClFN2O3S2/c1-18(2,15)13-5-6-14-19(16,17)10-7-8(12)3-4-9(10)11/h3-4,7,14H,5-6H2,1-2H3. The van der Waals surface area contributed by atoms with Gasteiger partial charge in [0.25, 0.3) is 0 Å². The molecular weight excluding hydrogens is 315 g/mol. The maximum atomic E-state index is 13.0. The van der Waals surface area contributed by atoms with Gasteiger partial charge in [0, 0.05) is 28.8 Å². The van der Waals surface area contributed by atoms with E-state index in [-0.39, 0.29) is 23.0 Å². The summed E-state index contributed by atoms with van der Waals surface area (Å²) in [6, 6.07) is 3.07. The summed E-state index contributed by atoms with van der Waals surface area (Å²) in [5, 5.41) is -0.0689. The molecule has 1 rings (SSSR count). The number of sulfonamides is 1. The highest BCUT2D eigenvalue weighted by Gasteiger charge is 2.18. The minimum absolute atomic E-state index is 0.0339. The van der Waals surface area contributed by atoms with Gasteiger partial charge in [0.2, 0.25) is 10.0 Å². The van der Waals surface area contributed by atoms with E-state index in [4.69, 9.17) is 11.6 Å². The molecule has 1 N–H and O–H groups in total. The molecule has 0 atom stereocenters. The molecule has 1 aromatic carbocycles. The SMILES string of the molecule is CS(C)(=O)=NCCNS(=O)(=O)c1cc(F)ccc1Cl. The zero-order valence-electron chi connectivity index (χ0n) is 10.4. The molecule has 0 aliphatic carbocycles. The predicted molar refractivity (Wildman–Crippen MR) is 73.9 cm³/mol. The van der Waals surface area contributed by atoms with Gasteiger partial charge in [-0.15, -0.1) is 0 Å². The maximum absolute atomic E-state index is 13.0. The number of hydrogen-bond donors (Lipinski definition) is 1. The van der Waals surface area contributed by atoms with Gasteiger partial charge in [-0.1, -0.05) is 11.6 Å². The predicted octanol–water partition coefficient (Wildman–Crippen LogP) is 1.48. The van der Waals surface area contributed by atoms with Crippen LogP contribution >= 0.6 is 11.6 Å². The maximum Gasteiger partial charge on any atom is 0.242 e. The van der Waals surface area contributed by atoms with E-state index in [1.807, 2.05) is 0 Å². The topological polar surface area (TPSA) is 75.6 Å². The van der Waals surface area contributed by atoms with Crippen molar-refractivity contribution in [2.75, 3.05) is 25.6 Å². The first-order chi connectivity index (χ1) is 8.62. The van der Waals surface area contributed by atoms with Gasteiger partial charge in [0.15, 0.2) is 0 Å². The van der Waals surface area contributed by atoms with Gasteiger partial charge in [-0.2, -0.15) is 0 Å². The van der Waals surface area contributed by atoms with Crippen molar-refractivity contribution in [3.63, 3.8) is 0 Å². The lowest BCUT2D eigenvalue weighted by Gasteiger charge is -2.07. The van der Waals surface area contributed by atoms with Gasteiger partial charge in [-0.3, -0.25) is 4.21 Å². The molecule has 0 spiro atoms. The number of benzene rings is 1. The van der Waals surface area contributed by atoms with Gasteiger partial charge in [0.1, 0.15) is 10.7 Å². The highest BCUT2D eigenvalue weighted by molar-refractivity contribution is 7.92. The second kappa shape index (κ2) is 6.17. The molecule has 5 nitrogen and oxygen atoms in total. The molecular formula is C10H14ClFN2O3S2. The molecule has 0 aromatic heterocycles. The monoisotopic (exact) mass is 328 g/mol. The van der Waals surface area contributed by atoms with E-state index in [1.165, 1.54) is 18.6 Å². The average molecular weight is 329 g/mol. The Hall–Kier alpha value is -0.700. The first-order valence-corrected chi connectivity index (χ1v) is 9.39. The molecule has 0 fully saturated rings. The summed E-state index contributed by atoms with van der Waals surface area (Å²) in [6.45, 7) is 0.0336. The van der Waals surface area contributed by atoms with E-state index in [0.29, 0.717) is 0 Å². The molecule has 0 heterocycles. The van der Waals surface area contributed by atoms with E-state index >= 15 is 0 Å². The number of halogens is 2. The van der Waals surface area contributed by atoms with Crippen LogP contribution in [0.25, 0.3) is 0 Å². The third-order valence-electron chi connectivity index (χ3n) is 1.99. The second-order valence-corrected chi connectivity index (χ2v) is 8.77. The quantitative estimate of drug-likeness (QED) is 0.832. The largest absolute Gasteiger partial charge is 0.250 e. The zero-order valence-corrected chi connectivity index (χ0v) is 12.8. The summed E-state index contributed by atoms with van der Waals surface area (Å²) in [6.07, 6.45) is 2.90. The first kappa shape index (κ1) is 16.4. The first-order valence-electron chi connectivity index (χ1n) is 5.19. The van der Waals surface area contributed by atoms with E-state index in [2.05, 4.69) is 9.08 Å². The molecule has 0 amide bonds. The third kappa shape index (κ3) is 5.43. The van der Waals surface area contributed by atoms with Crippen molar-refractivity contribution in [3.05, 3.63) is 29.0 Å². The van der Waals surface area contributed by atoms with Crippen molar-refractivity contribution in [1.29, 1.82) is 0 Å². The summed E-state index contributed by atoms with van der Waals surface area (Å²) < 4.78 is 54.0. The third-order valence-corrected chi connectivity index (χ3v) is 4.74. The Morgan fingerprint density at radius 1 is 1.32 bits per heavy atom. The molecule has 0 unspecified atom stereocenters. The lowest BCUT2D eigenvalue weighted by atomic mass is 10.3. The number of hydrogen-bond acceptors (Lipinski definition) is 4. The van der Waals surface area contributed by atoms with Crippen molar-refractivity contribution in [1.82, 2.24) is 4.72 Å². The minimum Gasteiger partial charge on any atom is -0.250 e. The molecule has 9 heteroatoms. The molecule has 1 aromatic rings. The van der Waals surface area contributed by atoms with Gasteiger partial charge in [-0.25, -0.2) is 21.9 Å². The normalized spacial score (nSPS) is 12.4. The van der Waals surface area contributed by atoms with E-state index < -0.39 is 25.6 Å². The fourth-order valence-electron chi connectivity index (χ4n) is 1.21. The fraction of sp³-hybridized carbons (Fsp3) is 0.400. The van der Waals surface area contributed by atoms with Crippen LogP contribution in [-0.2, 0) is 19.8 Å². The molecule has 0 saturated carbocycles. The van der Waals surface area contributed by atoms with Crippen LogP contribution in [-0.4, -0.2) is 38.2 Å². The fourth-order valence-corrected chi connectivity index (χ4v) is 3.27. The molecule has 0 bridgehead atoms. The Kier molecular flexibility index (Phi) is 5.31. The van der Waals surface area contributed by atoms with E-state index in [1.54, 1.807) is 0 Å². The Balaban J connectivity index is 2.83. The summed E-state index contributed by atoms with van der Waals surface area (Å²) in [5.41, 5.74) is 0. The average Bonchev–Trinajstić information content (AvgIpc) is 2.26. The molecule has 0 aliphatic heterocycles. The Bertz CT molecular complexity index is 674. The number of nitrogens with zero attached hydrogens (tertiary/aromatic N) is 1. The van der Waals surface area contributed by atoms with Crippen LogP contribution in [0, 0.1) is 5.82 Å². The van der Waals surface area contributed by atoms with Crippen LogP contribution in [0.2, 0.25) is 5.02 Å². The van der Waals surface area contributed by atoms with Gasteiger partial charge >= 0.3 is 0 Å². The highest BCUT2D eigenvalue weighted by atomic mass is 35.5. The van der Waals surface area contributed by atoms with Crippen LogP contribution in [0.4, 0.5) is 4.39 Å². The van der Waals surface area contributed by atoms with Crippen molar-refractivity contribution in [3.8, 4) is 0 Å². The lowest BCUT2D eigenvalue weighted by molar-refractivity contribution is 0.578. The van der Waals surface area contributed by atoms with Crippen LogP contribution < -0.4 is 4.72 Å². The van der Waals surface area contributed by atoms with Gasteiger partial charge in [0.05, 0.1) is 11.6 Å². The Morgan fingerprint density at radius 3 is 2.53 bits per heavy atom. The molecule has 0 radical (unpaired) electrons. The van der Waals surface area contributed by atoms with Crippen LogP contribution in [0.1, 0.15) is 0 Å². The van der Waals surface area contributed by atoms with Crippen molar-refractivity contribution in [2.45, 2.75) is 4.90 Å². The summed E-state index contributed by atoms with van der Waals surface area (Å²) in [7, 11) is -6.17. The minimum atomic E-state index is -3.91. The van der Waals surface area contributed by atoms with Crippen molar-refractivity contribution >= 4 is 31.4 Å². The van der Waals surface area contributed by atoms with Crippen LogP contribution in [0.15, 0.2) is 27.5 Å². The van der Waals surface area contributed by atoms with Gasteiger partial charge in [-0.05, 0) is 18.2 Å². The van der Waals surface area contributed by atoms with Crippen molar-refractivity contribution < 1.29 is 17.0 Å². The molecule has 0 aliphatic rings. The summed E-state index contributed by atoms with van der Waals surface area (Å²) in [4.78, 5) is -0.331. The van der Waals surface area contributed by atoms with E-state index in [9.17, 15) is 17.0 Å². The van der Waals surface area contributed by atoms with E-state index in [0.717, 1.165) is 12.1 Å². The van der Waals surface area contributed by atoms with Crippen LogP contribution in [0.3, 0.4) is 0 Å². The number of rotatable bonds is 5. The molecule has 108 valence electrons. The number of nitrogens with one attached hydrogen (secondary N) is 1. The lowest BCUT2D eigenvalue weighted by Crippen LogP contribution is -2.27. The second-order valence-electron chi connectivity index (χ2n) is 4.01. The van der Waals surface area contributed by atoms with Crippen molar-refractivity contribution in [2.24, 2.45) is 4.36 Å². The molecule has 19 heavy (non-hydrogen) atoms. The van der Waals surface area contributed by atoms with Crippen LogP contribution in [0.5, 0.6) is 0 Å². The van der Waals surface area contributed by atoms with Gasteiger partial charge < -0.3 is 0 Å². The summed E-state index contributed by atoms with van der Waals surface area (Å²) >= 11 is 5.71.